The minimum absolute atomic E-state index is 0.0252. The first-order valence-corrected chi connectivity index (χ1v) is 18.7. The summed E-state index contributed by atoms with van der Waals surface area (Å²) < 4.78 is 14.6. The summed E-state index contributed by atoms with van der Waals surface area (Å²) in [7, 11) is 0. The number of hydrogen-bond donors (Lipinski definition) is 0. The number of carbonyl (C=O) groups excluding carboxylic acids is 2. The minimum atomic E-state index is -0.756. The van der Waals surface area contributed by atoms with Crippen molar-refractivity contribution in [3.63, 3.8) is 0 Å². The SMILES string of the molecule is C=C(C(=O)c1ccccc1[Se]C)C(COC(=CCc1ccccc1)C(=O)c1ccccc1[Se]C)OCc1ccccc1. The summed E-state index contributed by atoms with van der Waals surface area (Å²) in [6, 6.07) is 35.0. The molecule has 0 aromatic heterocycles. The summed E-state index contributed by atoms with van der Waals surface area (Å²) in [5.41, 5.74) is 3.60. The first-order valence-electron chi connectivity index (χ1n) is 13.6. The van der Waals surface area contributed by atoms with E-state index in [0.717, 1.165) is 20.1 Å². The van der Waals surface area contributed by atoms with Crippen molar-refractivity contribution in [1.82, 2.24) is 0 Å². The molecule has 214 valence electrons. The van der Waals surface area contributed by atoms with Crippen LogP contribution in [0, 0.1) is 0 Å². The van der Waals surface area contributed by atoms with Crippen molar-refractivity contribution in [1.29, 1.82) is 0 Å². The first kappa shape index (κ1) is 31.4. The average Bonchev–Trinajstić information content (AvgIpc) is 3.06. The van der Waals surface area contributed by atoms with Crippen LogP contribution >= 0.6 is 0 Å². The standard InChI is InChI=1S/C36H34O4Se2/c1-26(35(37)29-18-10-12-20-33(29)41-2)32(39-24-28-16-8-5-9-17-28)25-40-31(23-22-27-14-6-4-7-15-27)36(38)30-19-11-13-21-34(30)42-3/h4-21,23,32H,1,22,24-25H2,2-3H3. The Balaban J connectivity index is 1.62. The monoisotopic (exact) mass is 690 g/mol. The van der Waals surface area contributed by atoms with E-state index in [4.69, 9.17) is 9.47 Å². The van der Waals surface area contributed by atoms with Gasteiger partial charge in [-0.3, -0.25) is 0 Å². The fourth-order valence-electron chi connectivity index (χ4n) is 4.34. The van der Waals surface area contributed by atoms with Gasteiger partial charge in [0, 0.05) is 0 Å². The molecule has 0 aliphatic heterocycles. The van der Waals surface area contributed by atoms with Gasteiger partial charge in [-0.1, -0.05) is 0 Å². The second kappa shape index (κ2) is 16.2. The molecule has 4 aromatic carbocycles. The van der Waals surface area contributed by atoms with Crippen molar-refractivity contribution >= 4 is 50.4 Å². The summed E-state index contributed by atoms with van der Waals surface area (Å²) in [5.74, 6) is 4.06. The third kappa shape index (κ3) is 8.51. The normalized spacial score (nSPS) is 12.0. The molecule has 0 saturated carbocycles. The van der Waals surface area contributed by atoms with Crippen molar-refractivity contribution in [3.8, 4) is 0 Å². The molecule has 42 heavy (non-hydrogen) atoms. The van der Waals surface area contributed by atoms with E-state index < -0.39 is 6.10 Å². The molecule has 0 aliphatic rings. The van der Waals surface area contributed by atoms with Crippen LogP contribution in [-0.2, 0) is 22.5 Å². The number of ketones is 2. The molecule has 1 atom stereocenters. The molecule has 0 N–H and O–H groups in total. The molecular weight excluding hydrogens is 654 g/mol. The van der Waals surface area contributed by atoms with E-state index in [1.165, 1.54) is 0 Å². The zero-order chi connectivity index (χ0) is 29.7. The third-order valence-electron chi connectivity index (χ3n) is 6.66. The van der Waals surface area contributed by atoms with Crippen molar-refractivity contribution in [2.45, 2.75) is 30.8 Å². The number of hydrogen-bond acceptors (Lipinski definition) is 4. The number of allylic oxidation sites excluding steroid dienone is 2. The van der Waals surface area contributed by atoms with Gasteiger partial charge in [-0.25, -0.2) is 0 Å². The maximum absolute atomic E-state index is 13.8. The second-order valence-electron chi connectivity index (χ2n) is 9.44. The average molecular weight is 689 g/mol. The number of carbonyl (C=O) groups is 2. The molecule has 0 fully saturated rings. The van der Waals surface area contributed by atoms with Crippen LogP contribution in [0.4, 0.5) is 0 Å². The molecule has 0 spiro atoms. The predicted octanol–water partition coefficient (Wildman–Crippen LogP) is 5.79. The van der Waals surface area contributed by atoms with Crippen molar-refractivity contribution in [2.24, 2.45) is 0 Å². The van der Waals surface area contributed by atoms with Gasteiger partial charge in [0.1, 0.15) is 0 Å². The molecule has 4 nitrogen and oxygen atoms in total. The molecule has 6 heteroatoms. The molecule has 4 aromatic rings. The number of ether oxygens (including phenoxy) is 2. The number of benzene rings is 4. The first-order chi connectivity index (χ1) is 20.5. The Labute approximate surface area is 261 Å². The van der Waals surface area contributed by atoms with E-state index in [1.54, 1.807) is 0 Å². The number of Topliss-reactive ketones (excluding diaryl/α,β-unsaturated/α-hetero) is 2. The molecule has 0 radical (unpaired) electrons. The van der Waals surface area contributed by atoms with Crippen molar-refractivity contribution in [2.75, 3.05) is 6.61 Å². The van der Waals surface area contributed by atoms with Crippen molar-refractivity contribution < 1.29 is 19.1 Å². The summed E-state index contributed by atoms with van der Waals surface area (Å²) in [6.07, 6.45) is 1.60. The van der Waals surface area contributed by atoms with Crippen LogP contribution in [0.25, 0.3) is 0 Å². The van der Waals surface area contributed by atoms with E-state index in [9.17, 15) is 9.59 Å². The van der Waals surface area contributed by atoms with Gasteiger partial charge in [0.05, 0.1) is 0 Å². The van der Waals surface area contributed by atoms with E-state index in [1.807, 2.05) is 115 Å². The topological polar surface area (TPSA) is 52.6 Å². The van der Waals surface area contributed by atoms with Gasteiger partial charge in [0.2, 0.25) is 0 Å². The maximum atomic E-state index is 13.8. The van der Waals surface area contributed by atoms with Crippen molar-refractivity contribution in [3.05, 3.63) is 155 Å². The van der Waals surface area contributed by atoms with E-state index in [2.05, 4.69) is 18.2 Å². The summed E-state index contributed by atoms with van der Waals surface area (Å²) in [5, 5.41) is 0. The molecule has 0 aliphatic carbocycles. The Kier molecular flexibility index (Phi) is 12.1. The molecule has 0 saturated heterocycles. The molecule has 0 amide bonds. The molecule has 1 unspecified atom stereocenters. The summed E-state index contributed by atoms with van der Waals surface area (Å²) in [4.78, 5) is 27.5. The zero-order valence-electron chi connectivity index (χ0n) is 23.8. The van der Waals surface area contributed by atoms with E-state index in [-0.39, 0.29) is 60.5 Å². The predicted molar refractivity (Wildman–Crippen MR) is 172 cm³/mol. The molecule has 0 bridgehead atoms. The quantitative estimate of drug-likeness (QED) is 0.0687. The van der Waals surface area contributed by atoms with Crippen LogP contribution in [0.15, 0.2) is 133 Å². The Morgan fingerprint density at radius 3 is 1.79 bits per heavy atom. The summed E-state index contributed by atoms with van der Waals surface area (Å²) in [6.45, 7) is 4.42. The Bertz CT molecular complexity index is 1530. The summed E-state index contributed by atoms with van der Waals surface area (Å²) >= 11 is 0.268. The van der Waals surface area contributed by atoms with Crippen LogP contribution in [0.3, 0.4) is 0 Å². The van der Waals surface area contributed by atoms with Gasteiger partial charge in [0.15, 0.2) is 0 Å². The van der Waals surface area contributed by atoms with Crippen LogP contribution in [0.1, 0.15) is 31.8 Å². The zero-order valence-corrected chi connectivity index (χ0v) is 27.3. The van der Waals surface area contributed by atoms with Gasteiger partial charge in [-0.15, -0.1) is 0 Å². The van der Waals surface area contributed by atoms with E-state index in [0.29, 0.717) is 23.1 Å². The van der Waals surface area contributed by atoms with Crippen LogP contribution < -0.4 is 8.92 Å². The van der Waals surface area contributed by atoms with Gasteiger partial charge >= 0.3 is 262 Å². The van der Waals surface area contributed by atoms with E-state index >= 15 is 0 Å². The Hall–Kier alpha value is -3.50. The third-order valence-corrected chi connectivity index (χ3v) is 10.00. The Morgan fingerprint density at radius 1 is 0.714 bits per heavy atom. The molecular formula is C36H34O4Se2. The van der Waals surface area contributed by atoms with Gasteiger partial charge < -0.3 is 0 Å². The molecule has 0 heterocycles. The Morgan fingerprint density at radius 2 is 1.21 bits per heavy atom. The van der Waals surface area contributed by atoms with Crippen LogP contribution in [0.5, 0.6) is 0 Å². The van der Waals surface area contributed by atoms with Gasteiger partial charge in [-0.05, 0) is 0 Å². The van der Waals surface area contributed by atoms with Gasteiger partial charge in [-0.2, -0.15) is 0 Å². The van der Waals surface area contributed by atoms with Crippen LogP contribution in [0.2, 0.25) is 11.6 Å². The second-order valence-corrected chi connectivity index (χ2v) is 13.0. The van der Waals surface area contributed by atoms with Crippen LogP contribution in [-0.4, -0.2) is 54.2 Å². The fraction of sp³-hybridized carbons (Fsp3) is 0.167. The molecule has 4 rings (SSSR count). The van der Waals surface area contributed by atoms with Gasteiger partial charge in [0.25, 0.3) is 0 Å². The fourth-order valence-corrected chi connectivity index (χ4v) is 6.84. The number of rotatable bonds is 15.